The Bertz CT molecular complexity index is 1020. The number of hydrogen-bond acceptors (Lipinski definition) is 1. The third kappa shape index (κ3) is 5.06. The summed E-state index contributed by atoms with van der Waals surface area (Å²) in [6, 6.07) is 13.5. The normalized spacial score (nSPS) is 11.4. The van der Waals surface area contributed by atoms with Crippen LogP contribution in [0.4, 0.5) is 22.0 Å². The van der Waals surface area contributed by atoms with Gasteiger partial charge in [-0.1, -0.05) is 48.6 Å². The maximum Gasteiger partial charge on any atom is 0.387 e. The van der Waals surface area contributed by atoms with Crippen molar-refractivity contribution in [3.63, 3.8) is 0 Å². The number of aryl methyl sites for hydroxylation is 1. The number of halogens is 5. The number of hydrogen-bond donors (Lipinski definition) is 0. The largest absolute Gasteiger partial charge is 0.429 e. The van der Waals surface area contributed by atoms with Crippen molar-refractivity contribution in [3.8, 4) is 28.0 Å². The Morgan fingerprint density at radius 2 is 1.40 bits per heavy atom. The van der Waals surface area contributed by atoms with E-state index in [1.807, 2.05) is 37.3 Å². The van der Waals surface area contributed by atoms with E-state index in [4.69, 9.17) is 0 Å². The summed E-state index contributed by atoms with van der Waals surface area (Å²) in [4.78, 5) is 0. The molecule has 0 radical (unpaired) electrons. The van der Waals surface area contributed by atoms with Gasteiger partial charge in [-0.25, -0.2) is 13.2 Å². The fourth-order valence-electron chi connectivity index (χ4n) is 3.13. The SMILES string of the molecule is C/C=C/CCc1ccc(-c2ccc(-c3cc(F)c(OC(F)F)c(F)c3)c(F)c2)cc1. The molecule has 0 spiro atoms. The molecule has 1 nitrogen and oxygen atoms in total. The van der Waals surface area contributed by atoms with Gasteiger partial charge in [0.15, 0.2) is 17.4 Å². The zero-order valence-electron chi connectivity index (χ0n) is 16.1. The summed E-state index contributed by atoms with van der Waals surface area (Å²) < 4.78 is 70.9. The van der Waals surface area contributed by atoms with Crippen LogP contribution in [-0.4, -0.2) is 6.61 Å². The Hall–Kier alpha value is -3.15. The van der Waals surface area contributed by atoms with Crippen molar-refractivity contribution >= 4 is 0 Å². The molecule has 0 N–H and O–H groups in total. The van der Waals surface area contributed by atoms with Gasteiger partial charge >= 0.3 is 6.61 Å². The van der Waals surface area contributed by atoms with E-state index in [-0.39, 0.29) is 11.1 Å². The zero-order chi connectivity index (χ0) is 21.7. The van der Waals surface area contributed by atoms with Gasteiger partial charge in [0, 0.05) is 5.56 Å². The molecular weight excluding hydrogens is 399 g/mol. The van der Waals surface area contributed by atoms with Crippen molar-refractivity contribution in [2.24, 2.45) is 0 Å². The first-order valence-electron chi connectivity index (χ1n) is 9.33. The first-order chi connectivity index (χ1) is 14.4. The average molecular weight is 418 g/mol. The van der Waals surface area contributed by atoms with Crippen molar-refractivity contribution in [2.45, 2.75) is 26.4 Å². The van der Waals surface area contributed by atoms with Gasteiger partial charge in [-0.2, -0.15) is 8.78 Å². The quantitative estimate of drug-likeness (QED) is 0.284. The summed E-state index contributed by atoms with van der Waals surface area (Å²) in [7, 11) is 0. The summed E-state index contributed by atoms with van der Waals surface area (Å²) in [5, 5.41) is 0. The standard InChI is InChI=1S/C24H19F5O/c1-2-3-4-5-15-6-8-16(9-7-15)17-10-11-19(20(25)12-17)18-13-21(26)23(22(27)14-18)30-24(28)29/h2-3,6-14,24H,4-5H2,1H3/b3-2+. The highest BCUT2D eigenvalue weighted by molar-refractivity contribution is 5.71. The molecule has 0 aromatic heterocycles. The van der Waals surface area contributed by atoms with Crippen LogP contribution in [0.3, 0.4) is 0 Å². The van der Waals surface area contributed by atoms with E-state index >= 15 is 0 Å². The smallest absolute Gasteiger partial charge is 0.387 e. The minimum Gasteiger partial charge on any atom is -0.429 e. The molecule has 3 aromatic carbocycles. The van der Waals surface area contributed by atoms with Gasteiger partial charge in [0.05, 0.1) is 0 Å². The summed E-state index contributed by atoms with van der Waals surface area (Å²) >= 11 is 0. The Kier molecular flexibility index (Phi) is 6.87. The molecule has 156 valence electrons. The second kappa shape index (κ2) is 9.57. The molecular formula is C24H19F5O. The van der Waals surface area contributed by atoms with Gasteiger partial charge < -0.3 is 4.74 Å². The highest BCUT2D eigenvalue weighted by Gasteiger charge is 2.18. The molecule has 3 rings (SSSR count). The molecule has 6 heteroatoms. The van der Waals surface area contributed by atoms with Crippen LogP contribution in [0, 0.1) is 17.5 Å². The lowest BCUT2D eigenvalue weighted by atomic mass is 9.98. The van der Waals surface area contributed by atoms with E-state index in [9.17, 15) is 22.0 Å². The minimum absolute atomic E-state index is 0.0527. The number of allylic oxidation sites excluding steroid dienone is 2. The molecule has 0 aliphatic carbocycles. The molecule has 0 aliphatic heterocycles. The second-order valence-electron chi connectivity index (χ2n) is 6.65. The fourth-order valence-corrected chi connectivity index (χ4v) is 3.13. The summed E-state index contributed by atoms with van der Waals surface area (Å²) in [6.45, 7) is -1.40. The second-order valence-corrected chi connectivity index (χ2v) is 6.65. The van der Waals surface area contributed by atoms with Crippen LogP contribution < -0.4 is 4.74 Å². The predicted octanol–water partition coefficient (Wildman–Crippen LogP) is 7.55. The van der Waals surface area contributed by atoms with Gasteiger partial charge in [-0.05, 0) is 60.2 Å². The van der Waals surface area contributed by atoms with Crippen LogP contribution in [0.2, 0.25) is 0 Å². The van der Waals surface area contributed by atoms with Crippen LogP contribution in [0.15, 0.2) is 66.7 Å². The van der Waals surface area contributed by atoms with E-state index in [1.165, 1.54) is 12.1 Å². The van der Waals surface area contributed by atoms with E-state index in [1.54, 1.807) is 6.07 Å². The van der Waals surface area contributed by atoms with Crippen LogP contribution in [0.5, 0.6) is 5.75 Å². The van der Waals surface area contributed by atoms with E-state index in [2.05, 4.69) is 10.8 Å². The van der Waals surface area contributed by atoms with Gasteiger partial charge in [-0.3, -0.25) is 0 Å². The minimum atomic E-state index is -3.37. The first kappa shape index (κ1) is 21.6. The van der Waals surface area contributed by atoms with Crippen LogP contribution in [0.1, 0.15) is 18.9 Å². The molecule has 0 unspecified atom stereocenters. The summed E-state index contributed by atoms with van der Waals surface area (Å²) in [6.07, 6.45) is 5.92. The maximum absolute atomic E-state index is 14.7. The van der Waals surface area contributed by atoms with Gasteiger partial charge in [-0.15, -0.1) is 0 Å². The lowest BCUT2D eigenvalue weighted by Gasteiger charge is -2.11. The molecule has 0 atom stereocenters. The Labute approximate surface area is 171 Å². The van der Waals surface area contributed by atoms with Gasteiger partial charge in [0.1, 0.15) is 5.82 Å². The van der Waals surface area contributed by atoms with Gasteiger partial charge in [0.2, 0.25) is 0 Å². The Balaban J connectivity index is 1.85. The zero-order valence-corrected chi connectivity index (χ0v) is 16.1. The number of benzene rings is 3. The number of alkyl halides is 2. The fraction of sp³-hybridized carbons (Fsp3) is 0.167. The van der Waals surface area contributed by atoms with E-state index in [0.29, 0.717) is 5.56 Å². The highest BCUT2D eigenvalue weighted by Crippen LogP contribution is 2.33. The lowest BCUT2D eigenvalue weighted by molar-refractivity contribution is -0.0546. The van der Waals surface area contributed by atoms with Crippen molar-refractivity contribution in [2.75, 3.05) is 0 Å². The van der Waals surface area contributed by atoms with Crippen LogP contribution in [-0.2, 0) is 6.42 Å². The van der Waals surface area contributed by atoms with Crippen molar-refractivity contribution < 1.29 is 26.7 Å². The molecule has 0 fully saturated rings. The maximum atomic E-state index is 14.7. The third-order valence-corrected chi connectivity index (χ3v) is 4.61. The highest BCUT2D eigenvalue weighted by atomic mass is 19.3. The molecule has 0 heterocycles. The first-order valence-corrected chi connectivity index (χ1v) is 9.33. The van der Waals surface area contributed by atoms with Crippen molar-refractivity contribution in [1.29, 1.82) is 0 Å². The number of rotatable bonds is 7. The average Bonchev–Trinajstić information content (AvgIpc) is 2.71. The van der Waals surface area contributed by atoms with E-state index in [0.717, 1.165) is 36.1 Å². The molecule has 3 aromatic rings. The summed E-state index contributed by atoms with van der Waals surface area (Å²) in [5.74, 6) is -4.55. The van der Waals surface area contributed by atoms with Gasteiger partial charge in [0.25, 0.3) is 0 Å². The topological polar surface area (TPSA) is 9.23 Å². The summed E-state index contributed by atoms with van der Waals surface area (Å²) in [5.41, 5.74) is 2.40. The monoisotopic (exact) mass is 418 g/mol. The molecule has 0 saturated heterocycles. The van der Waals surface area contributed by atoms with Crippen molar-refractivity contribution in [1.82, 2.24) is 0 Å². The number of ether oxygens (including phenoxy) is 1. The van der Waals surface area contributed by atoms with Crippen molar-refractivity contribution in [3.05, 3.63) is 89.8 Å². The Morgan fingerprint density at radius 3 is 1.97 bits per heavy atom. The van der Waals surface area contributed by atoms with E-state index < -0.39 is 29.8 Å². The molecule has 0 aliphatic rings. The third-order valence-electron chi connectivity index (χ3n) is 4.61. The lowest BCUT2D eigenvalue weighted by Crippen LogP contribution is -2.06. The van der Waals surface area contributed by atoms with Crippen LogP contribution in [0.25, 0.3) is 22.3 Å². The predicted molar refractivity (Wildman–Crippen MR) is 107 cm³/mol. The molecule has 0 saturated carbocycles. The molecule has 0 bridgehead atoms. The Morgan fingerprint density at radius 1 is 0.800 bits per heavy atom. The molecule has 0 amide bonds. The van der Waals surface area contributed by atoms with Crippen LogP contribution >= 0.6 is 0 Å². The molecule has 30 heavy (non-hydrogen) atoms.